The third-order valence-corrected chi connectivity index (χ3v) is 4.18. The van der Waals surface area contributed by atoms with Gasteiger partial charge in [0.15, 0.2) is 0 Å². The Kier molecular flexibility index (Phi) is 4.04. The van der Waals surface area contributed by atoms with Crippen molar-refractivity contribution in [2.45, 2.75) is 46.1 Å². The highest BCUT2D eigenvalue weighted by Crippen LogP contribution is 2.30. The molecule has 1 aromatic heterocycles. The summed E-state index contributed by atoms with van der Waals surface area (Å²) < 4.78 is 7.05. The van der Waals surface area contributed by atoms with E-state index < -0.39 is 0 Å². The topological polar surface area (TPSA) is 44.1 Å². The van der Waals surface area contributed by atoms with Crippen LogP contribution < -0.4 is 0 Å². The molecule has 0 N–H and O–H groups in total. The Balaban J connectivity index is 1.87. The first-order valence-electron chi connectivity index (χ1n) is 6.68. The molecule has 0 aromatic carbocycles. The van der Waals surface area contributed by atoms with Crippen LogP contribution in [0.1, 0.15) is 37.1 Å². The zero-order valence-electron chi connectivity index (χ0n) is 11.5. The lowest BCUT2D eigenvalue weighted by Crippen LogP contribution is -2.25. The van der Waals surface area contributed by atoms with Gasteiger partial charge in [0.2, 0.25) is 0 Å². The Morgan fingerprint density at radius 2 is 2.06 bits per heavy atom. The molecular weight excluding hydrogens is 228 g/mol. The standard InChI is InChI=1S/C14H22N2O2/c1-10-11(2)16(9-15-10)8-12-4-6-13(7-5-12)14(17)18-3/h9,12-13H,4-8H2,1-3H3/t12-,13-. The second kappa shape index (κ2) is 5.55. The van der Waals surface area contributed by atoms with E-state index in [4.69, 9.17) is 4.74 Å². The number of hydrogen-bond donors (Lipinski definition) is 0. The fourth-order valence-corrected chi connectivity index (χ4v) is 2.75. The monoisotopic (exact) mass is 250 g/mol. The van der Waals surface area contributed by atoms with Crippen LogP contribution >= 0.6 is 0 Å². The molecule has 0 atom stereocenters. The zero-order chi connectivity index (χ0) is 13.1. The van der Waals surface area contributed by atoms with Gasteiger partial charge < -0.3 is 9.30 Å². The van der Waals surface area contributed by atoms with E-state index in [2.05, 4.69) is 16.5 Å². The van der Waals surface area contributed by atoms with Gasteiger partial charge in [-0.2, -0.15) is 0 Å². The van der Waals surface area contributed by atoms with Crippen LogP contribution in [0.4, 0.5) is 0 Å². The van der Waals surface area contributed by atoms with Crippen molar-refractivity contribution in [3.63, 3.8) is 0 Å². The average Bonchev–Trinajstić information content (AvgIpc) is 2.71. The Hall–Kier alpha value is -1.32. The molecule has 0 amide bonds. The minimum atomic E-state index is -0.0388. The minimum Gasteiger partial charge on any atom is -0.469 e. The lowest BCUT2D eigenvalue weighted by molar-refractivity contribution is -0.146. The van der Waals surface area contributed by atoms with Crippen molar-refractivity contribution in [2.75, 3.05) is 7.11 Å². The van der Waals surface area contributed by atoms with Crippen LogP contribution in [0.25, 0.3) is 0 Å². The number of methoxy groups -OCH3 is 1. The van der Waals surface area contributed by atoms with Gasteiger partial charge in [-0.25, -0.2) is 4.98 Å². The van der Waals surface area contributed by atoms with Gasteiger partial charge in [0.1, 0.15) is 0 Å². The van der Waals surface area contributed by atoms with Crippen molar-refractivity contribution in [1.82, 2.24) is 9.55 Å². The van der Waals surface area contributed by atoms with Crippen molar-refractivity contribution in [1.29, 1.82) is 0 Å². The predicted molar refractivity (Wildman–Crippen MR) is 69.2 cm³/mol. The Labute approximate surface area is 108 Å². The Bertz CT molecular complexity index is 417. The van der Waals surface area contributed by atoms with E-state index in [0.29, 0.717) is 5.92 Å². The van der Waals surface area contributed by atoms with Gasteiger partial charge in [-0.15, -0.1) is 0 Å². The molecule has 2 rings (SSSR count). The van der Waals surface area contributed by atoms with Crippen LogP contribution in [-0.2, 0) is 16.1 Å². The molecule has 1 saturated carbocycles. The molecular formula is C14H22N2O2. The van der Waals surface area contributed by atoms with Crippen molar-refractivity contribution in [3.05, 3.63) is 17.7 Å². The quantitative estimate of drug-likeness (QED) is 0.774. The maximum Gasteiger partial charge on any atom is 0.308 e. The number of aryl methyl sites for hydroxylation is 1. The Morgan fingerprint density at radius 3 is 2.56 bits per heavy atom. The highest BCUT2D eigenvalue weighted by molar-refractivity contribution is 5.72. The first-order chi connectivity index (χ1) is 8.61. The summed E-state index contributed by atoms with van der Waals surface area (Å²) in [7, 11) is 1.48. The summed E-state index contributed by atoms with van der Waals surface area (Å²) in [5.41, 5.74) is 2.36. The maximum absolute atomic E-state index is 11.5. The SMILES string of the molecule is COC(=O)[C@H]1CC[C@H](Cn2cnc(C)c2C)CC1. The van der Waals surface area contributed by atoms with Gasteiger partial charge >= 0.3 is 5.97 Å². The number of esters is 1. The normalized spacial score (nSPS) is 23.9. The van der Waals surface area contributed by atoms with Crippen molar-refractivity contribution in [3.8, 4) is 0 Å². The summed E-state index contributed by atoms with van der Waals surface area (Å²) in [6.45, 7) is 5.18. The second-order valence-corrected chi connectivity index (χ2v) is 5.31. The second-order valence-electron chi connectivity index (χ2n) is 5.31. The van der Waals surface area contributed by atoms with E-state index in [0.717, 1.165) is 37.9 Å². The van der Waals surface area contributed by atoms with E-state index in [1.54, 1.807) is 0 Å². The predicted octanol–water partition coefficient (Wildman–Crippen LogP) is 2.48. The van der Waals surface area contributed by atoms with Crippen molar-refractivity contribution < 1.29 is 9.53 Å². The van der Waals surface area contributed by atoms with Crippen LogP contribution in [0.15, 0.2) is 6.33 Å². The third-order valence-electron chi connectivity index (χ3n) is 4.18. The smallest absolute Gasteiger partial charge is 0.308 e. The molecule has 0 aliphatic heterocycles. The molecule has 1 aromatic rings. The van der Waals surface area contributed by atoms with Gasteiger partial charge in [-0.05, 0) is 45.4 Å². The average molecular weight is 250 g/mol. The third kappa shape index (κ3) is 2.74. The molecule has 0 unspecified atom stereocenters. The number of nitrogens with zero attached hydrogens (tertiary/aromatic N) is 2. The van der Waals surface area contributed by atoms with Crippen LogP contribution in [-0.4, -0.2) is 22.6 Å². The number of rotatable bonds is 3. The van der Waals surface area contributed by atoms with Crippen LogP contribution in [0.2, 0.25) is 0 Å². The lowest BCUT2D eigenvalue weighted by atomic mass is 9.82. The van der Waals surface area contributed by atoms with Gasteiger partial charge in [0.25, 0.3) is 0 Å². The molecule has 1 aliphatic rings. The summed E-state index contributed by atoms with van der Waals surface area (Å²) in [4.78, 5) is 15.8. The number of aromatic nitrogens is 2. The van der Waals surface area contributed by atoms with E-state index in [-0.39, 0.29) is 11.9 Å². The number of imidazole rings is 1. The minimum absolute atomic E-state index is 0.0388. The summed E-state index contributed by atoms with van der Waals surface area (Å²) in [6, 6.07) is 0. The first-order valence-corrected chi connectivity index (χ1v) is 6.68. The summed E-state index contributed by atoms with van der Waals surface area (Å²) in [5.74, 6) is 0.748. The highest BCUT2D eigenvalue weighted by Gasteiger charge is 2.27. The molecule has 4 heteroatoms. The molecule has 100 valence electrons. The van der Waals surface area contributed by atoms with Crippen LogP contribution in [0.3, 0.4) is 0 Å². The summed E-state index contributed by atoms with van der Waals surface area (Å²) >= 11 is 0. The Morgan fingerprint density at radius 1 is 1.39 bits per heavy atom. The summed E-state index contributed by atoms with van der Waals surface area (Å²) in [5, 5.41) is 0. The van der Waals surface area contributed by atoms with E-state index in [1.807, 2.05) is 13.3 Å². The molecule has 18 heavy (non-hydrogen) atoms. The van der Waals surface area contributed by atoms with Crippen molar-refractivity contribution >= 4 is 5.97 Å². The lowest BCUT2D eigenvalue weighted by Gasteiger charge is -2.27. The van der Waals surface area contributed by atoms with E-state index >= 15 is 0 Å². The number of hydrogen-bond acceptors (Lipinski definition) is 3. The largest absolute Gasteiger partial charge is 0.469 e. The fourth-order valence-electron chi connectivity index (χ4n) is 2.75. The molecule has 0 spiro atoms. The number of carbonyl (C=O) groups excluding carboxylic acids is 1. The van der Waals surface area contributed by atoms with Crippen LogP contribution in [0.5, 0.6) is 0 Å². The van der Waals surface area contributed by atoms with Gasteiger partial charge in [-0.3, -0.25) is 4.79 Å². The molecule has 0 radical (unpaired) electrons. The van der Waals surface area contributed by atoms with E-state index in [1.165, 1.54) is 12.8 Å². The van der Waals surface area contributed by atoms with Crippen LogP contribution in [0, 0.1) is 25.7 Å². The summed E-state index contributed by atoms with van der Waals surface area (Å²) in [6.07, 6.45) is 6.07. The first kappa shape index (κ1) is 13.1. The highest BCUT2D eigenvalue weighted by atomic mass is 16.5. The van der Waals surface area contributed by atoms with Gasteiger partial charge in [0, 0.05) is 12.2 Å². The molecule has 0 bridgehead atoms. The van der Waals surface area contributed by atoms with Gasteiger partial charge in [0.05, 0.1) is 25.0 Å². The zero-order valence-corrected chi connectivity index (χ0v) is 11.5. The van der Waals surface area contributed by atoms with Gasteiger partial charge in [-0.1, -0.05) is 0 Å². The van der Waals surface area contributed by atoms with Crippen molar-refractivity contribution in [2.24, 2.45) is 11.8 Å². The van der Waals surface area contributed by atoms with E-state index in [9.17, 15) is 4.79 Å². The molecule has 0 saturated heterocycles. The number of ether oxygens (including phenoxy) is 1. The maximum atomic E-state index is 11.5. The number of carbonyl (C=O) groups is 1. The molecule has 1 heterocycles. The fraction of sp³-hybridized carbons (Fsp3) is 0.714. The molecule has 1 aliphatic carbocycles. The molecule has 1 fully saturated rings. The molecule has 4 nitrogen and oxygen atoms in total.